The molecule has 0 radical (unpaired) electrons. The molecule has 1 aromatic carbocycles. The van der Waals surface area contributed by atoms with Gasteiger partial charge in [0.15, 0.2) is 5.78 Å². The average molecular weight is 242 g/mol. The predicted octanol–water partition coefficient (Wildman–Crippen LogP) is 4.79. The van der Waals surface area contributed by atoms with E-state index in [9.17, 15) is 4.79 Å². The van der Waals surface area contributed by atoms with Crippen LogP contribution in [-0.2, 0) is 0 Å². The highest BCUT2D eigenvalue weighted by Gasteiger charge is 2.09. The van der Waals surface area contributed by atoms with Crippen molar-refractivity contribution >= 4 is 5.78 Å². The first-order valence-electron chi connectivity index (χ1n) is 7.11. The summed E-state index contributed by atoms with van der Waals surface area (Å²) in [6.45, 7) is 0. The van der Waals surface area contributed by atoms with Gasteiger partial charge in [-0.25, -0.2) is 0 Å². The minimum atomic E-state index is 0.254. The highest BCUT2D eigenvalue weighted by Crippen LogP contribution is 2.24. The molecule has 0 N–H and O–H groups in total. The molecular formula is C17H22O. The third-order valence-electron chi connectivity index (χ3n) is 3.69. The molecule has 0 unspecified atom stereocenters. The normalized spacial score (nSPS) is 17.1. The first kappa shape index (κ1) is 13.1. The molecule has 0 atom stereocenters. The summed E-state index contributed by atoms with van der Waals surface area (Å²) >= 11 is 0. The number of carbonyl (C=O) groups excluding carboxylic acids is 1. The van der Waals surface area contributed by atoms with Gasteiger partial charge in [-0.3, -0.25) is 4.79 Å². The standard InChI is InChI=1S/C17H22O/c18-17(16-12-5-2-6-13-16)14-8-7-11-15-9-3-1-4-10-15/h2,5-7,11-13,15H,1,3-4,8-10,14H2/b11-7+. The minimum Gasteiger partial charge on any atom is -0.294 e. The zero-order valence-corrected chi connectivity index (χ0v) is 11.0. The molecule has 2 rings (SSSR count). The lowest BCUT2D eigenvalue weighted by Crippen LogP contribution is -2.02. The van der Waals surface area contributed by atoms with Gasteiger partial charge in [-0.2, -0.15) is 0 Å². The Labute approximate surface area is 110 Å². The Kier molecular flexibility index (Phi) is 5.19. The van der Waals surface area contributed by atoms with Crippen molar-refractivity contribution in [3.8, 4) is 0 Å². The van der Waals surface area contributed by atoms with E-state index in [1.807, 2.05) is 30.3 Å². The first-order chi connectivity index (χ1) is 8.86. The molecule has 0 bridgehead atoms. The summed E-state index contributed by atoms with van der Waals surface area (Å²) in [6, 6.07) is 9.58. The van der Waals surface area contributed by atoms with Gasteiger partial charge in [0.2, 0.25) is 0 Å². The summed E-state index contributed by atoms with van der Waals surface area (Å²) in [5, 5.41) is 0. The number of Topliss-reactive ketones (excluding diaryl/α,β-unsaturated/α-hetero) is 1. The largest absolute Gasteiger partial charge is 0.294 e. The Bertz CT molecular complexity index is 385. The maximum Gasteiger partial charge on any atom is 0.163 e. The molecule has 0 aliphatic heterocycles. The van der Waals surface area contributed by atoms with E-state index in [1.165, 1.54) is 32.1 Å². The van der Waals surface area contributed by atoms with Crippen LogP contribution in [0.15, 0.2) is 42.5 Å². The maximum atomic E-state index is 11.9. The fourth-order valence-electron chi connectivity index (χ4n) is 2.60. The second-order valence-corrected chi connectivity index (χ2v) is 5.15. The highest BCUT2D eigenvalue weighted by molar-refractivity contribution is 5.96. The number of benzene rings is 1. The number of ketones is 1. The molecule has 0 amide bonds. The second kappa shape index (κ2) is 7.15. The molecule has 0 spiro atoms. The van der Waals surface area contributed by atoms with Crippen LogP contribution in [0.25, 0.3) is 0 Å². The Hall–Kier alpha value is -1.37. The second-order valence-electron chi connectivity index (χ2n) is 5.15. The minimum absolute atomic E-state index is 0.254. The third-order valence-corrected chi connectivity index (χ3v) is 3.69. The molecule has 1 nitrogen and oxygen atoms in total. The summed E-state index contributed by atoms with van der Waals surface area (Å²) in [5.41, 5.74) is 0.837. The lowest BCUT2D eigenvalue weighted by atomic mass is 9.89. The summed E-state index contributed by atoms with van der Waals surface area (Å²) in [6.07, 6.45) is 12.9. The SMILES string of the molecule is O=C(CC/C=C/C1CCCCC1)c1ccccc1. The smallest absolute Gasteiger partial charge is 0.163 e. The quantitative estimate of drug-likeness (QED) is 0.536. The fourth-order valence-corrected chi connectivity index (χ4v) is 2.60. The van der Waals surface area contributed by atoms with E-state index in [2.05, 4.69) is 12.2 Å². The summed E-state index contributed by atoms with van der Waals surface area (Å²) in [5.74, 6) is 1.02. The van der Waals surface area contributed by atoms with Crippen molar-refractivity contribution in [2.75, 3.05) is 0 Å². The Morgan fingerprint density at radius 2 is 1.83 bits per heavy atom. The van der Waals surface area contributed by atoms with Crippen LogP contribution in [0.3, 0.4) is 0 Å². The highest BCUT2D eigenvalue weighted by atomic mass is 16.1. The van der Waals surface area contributed by atoms with E-state index in [0.29, 0.717) is 6.42 Å². The van der Waals surface area contributed by atoms with Gasteiger partial charge < -0.3 is 0 Å². The number of hydrogen-bond donors (Lipinski definition) is 0. The van der Waals surface area contributed by atoms with E-state index in [1.54, 1.807) is 0 Å². The van der Waals surface area contributed by atoms with Crippen molar-refractivity contribution in [1.29, 1.82) is 0 Å². The number of rotatable bonds is 5. The molecular weight excluding hydrogens is 220 g/mol. The van der Waals surface area contributed by atoms with Gasteiger partial charge in [0.25, 0.3) is 0 Å². The molecule has 0 saturated heterocycles. The fraction of sp³-hybridized carbons (Fsp3) is 0.471. The summed E-state index contributed by atoms with van der Waals surface area (Å²) < 4.78 is 0. The molecule has 1 fully saturated rings. The van der Waals surface area contributed by atoms with Crippen molar-refractivity contribution in [2.24, 2.45) is 5.92 Å². The third kappa shape index (κ3) is 4.14. The zero-order chi connectivity index (χ0) is 12.6. The molecule has 1 aliphatic rings. The topological polar surface area (TPSA) is 17.1 Å². The van der Waals surface area contributed by atoms with Crippen LogP contribution in [0.4, 0.5) is 0 Å². The molecule has 0 heterocycles. The van der Waals surface area contributed by atoms with Crippen LogP contribution in [-0.4, -0.2) is 5.78 Å². The van der Waals surface area contributed by atoms with E-state index >= 15 is 0 Å². The molecule has 96 valence electrons. The lowest BCUT2D eigenvalue weighted by Gasteiger charge is -2.17. The summed E-state index contributed by atoms with van der Waals surface area (Å²) in [4.78, 5) is 11.9. The van der Waals surface area contributed by atoms with Gasteiger partial charge >= 0.3 is 0 Å². The lowest BCUT2D eigenvalue weighted by molar-refractivity contribution is 0.0983. The van der Waals surface area contributed by atoms with Gasteiger partial charge in [0.1, 0.15) is 0 Å². The predicted molar refractivity (Wildman–Crippen MR) is 75.7 cm³/mol. The van der Waals surface area contributed by atoms with Gasteiger partial charge in [-0.05, 0) is 25.2 Å². The van der Waals surface area contributed by atoms with Crippen LogP contribution in [0, 0.1) is 5.92 Å². The first-order valence-corrected chi connectivity index (χ1v) is 7.11. The van der Waals surface area contributed by atoms with Crippen molar-refractivity contribution in [3.05, 3.63) is 48.0 Å². The Balaban J connectivity index is 1.71. The van der Waals surface area contributed by atoms with Gasteiger partial charge in [0.05, 0.1) is 0 Å². The maximum absolute atomic E-state index is 11.9. The van der Waals surface area contributed by atoms with E-state index in [0.717, 1.165) is 17.9 Å². The van der Waals surface area contributed by atoms with Crippen LogP contribution >= 0.6 is 0 Å². The average Bonchev–Trinajstić information content (AvgIpc) is 2.45. The van der Waals surface area contributed by atoms with Crippen LogP contribution in [0.5, 0.6) is 0 Å². The van der Waals surface area contributed by atoms with E-state index in [-0.39, 0.29) is 5.78 Å². The molecule has 1 heteroatoms. The van der Waals surface area contributed by atoms with Crippen LogP contribution < -0.4 is 0 Å². The number of carbonyl (C=O) groups is 1. The van der Waals surface area contributed by atoms with Crippen molar-refractivity contribution in [2.45, 2.75) is 44.9 Å². The molecule has 18 heavy (non-hydrogen) atoms. The van der Waals surface area contributed by atoms with Crippen molar-refractivity contribution in [3.63, 3.8) is 0 Å². The molecule has 1 aromatic rings. The molecule has 1 saturated carbocycles. The zero-order valence-electron chi connectivity index (χ0n) is 11.0. The Morgan fingerprint density at radius 1 is 1.11 bits per heavy atom. The van der Waals surface area contributed by atoms with Crippen molar-refractivity contribution in [1.82, 2.24) is 0 Å². The number of allylic oxidation sites excluding steroid dienone is 2. The molecule has 1 aliphatic carbocycles. The van der Waals surface area contributed by atoms with E-state index in [4.69, 9.17) is 0 Å². The van der Waals surface area contributed by atoms with Crippen LogP contribution in [0.1, 0.15) is 55.3 Å². The van der Waals surface area contributed by atoms with Gasteiger partial charge in [-0.15, -0.1) is 0 Å². The van der Waals surface area contributed by atoms with Gasteiger partial charge in [-0.1, -0.05) is 61.7 Å². The Morgan fingerprint density at radius 3 is 2.56 bits per heavy atom. The monoisotopic (exact) mass is 242 g/mol. The number of hydrogen-bond acceptors (Lipinski definition) is 1. The van der Waals surface area contributed by atoms with Crippen molar-refractivity contribution < 1.29 is 4.79 Å². The van der Waals surface area contributed by atoms with Gasteiger partial charge in [0, 0.05) is 12.0 Å². The van der Waals surface area contributed by atoms with Crippen LogP contribution in [0.2, 0.25) is 0 Å². The van der Waals surface area contributed by atoms with E-state index < -0.39 is 0 Å². The molecule has 0 aromatic heterocycles. The summed E-state index contributed by atoms with van der Waals surface area (Å²) in [7, 11) is 0.